The molecule has 0 atom stereocenters. The second kappa shape index (κ2) is 9.36. The molecule has 0 unspecified atom stereocenters. The number of hydrogen-bond donors (Lipinski definition) is 2. The third-order valence-electron chi connectivity index (χ3n) is 0. The fraction of sp³-hybridized carbons (Fsp3) is 0. The van der Waals surface area contributed by atoms with E-state index in [4.69, 9.17) is 14.4 Å². The summed E-state index contributed by atoms with van der Waals surface area (Å²) in [7, 11) is -2.87. The quantitative estimate of drug-likeness (QED) is 0.256. The minimum atomic E-state index is -2.87. The molecule has 6 heteroatoms. The molecule has 0 spiro atoms. The Morgan fingerprint density at radius 1 is 1.33 bits per heavy atom. The van der Waals surface area contributed by atoms with Gasteiger partial charge in [0, 0.05) is 4.57 Å². The Morgan fingerprint density at radius 2 is 1.33 bits per heavy atom. The molecule has 0 heterocycles. The maximum absolute atomic E-state index is 8.70. The average molecular weight is 121 g/mol. The largest absolute Gasteiger partial charge is 1.00 e. The van der Waals surface area contributed by atoms with Crippen LogP contribution in [0.2, 0.25) is 0 Å². The van der Waals surface area contributed by atoms with E-state index in [0.29, 0.717) is 0 Å². The molecule has 0 radical (unpaired) electrons. The monoisotopic (exact) mass is 121 g/mol. The minimum absolute atomic E-state index is 0. The van der Waals surface area contributed by atoms with Crippen molar-refractivity contribution in [3.63, 3.8) is 0 Å². The predicted octanol–water partition coefficient (Wildman–Crippen LogP) is -3.54. The molecule has 6 heavy (non-hydrogen) atoms. The molecule has 0 aromatic rings. The van der Waals surface area contributed by atoms with E-state index in [-0.39, 0.29) is 35.0 Å². The SMILES string of the molecule is O=[P+](O)O.[Na+].[OH-]. The Bertz CT molecular complexity index is 30.5. The molecular weight excluding hydrogens is 118 g/mol. The molecule has 32 valence electrons. The first kappa shape index (κ1) is 15.8. The van der Waals surface area contributed by atoms with Gasteiger partial charge in [0.05, 0.1) is 0 Å². The van der Waals surface area contributed by atoms with Gasteiger partial charge in [-0.15, -0.1) is 9.79 Å². The van der Waals surface area contributed by atoms with Crippen LogP contribution in [0.4, 0.5) is 0 Å². The van der Waals surface area contributed by atoms with E-state index in [1.165, 1.54) is 0 Å². The molecule has 0 saturated heterocycles. The minimum Gasteiger partial charge on any atom is -0.870 e. The van der Waals surface area contributed by atoms with E-state index >= 15 is 0 Å². The Hall–Kier alpha value is 0.980. The Kier molecular flexibility index (Phi) is 24.6. The molecule has 3 N–H and O–H groups in total. The van der Waals surface area contributed by atoms with Gasteiger partial charge in [-0.1, -0.05) is 0 Å². The summed E-state index contributed by atoms with van der Waals surface area (Å²) >= 11 is 0. The summed E-state index contributed by atoms with van der Waals surface area (Å²) in [5, 5.41) is 0. The zero-order chi connectivity index (χ0) is 3.58. The number of hydrogen-bond acceptors (Lipinski definition) is 2. The summed E-state index contributed by atoms with van der Waals surface area (Å²) in [4.78, 5) is 14.2. The molecular formula is H3NaO4P+. The smallest absolute Gasteiger partial charge is 0.870 e. The summed E-state index contributed by atoms with van der Waals surface area (Å²) in [6.07, 6.45) is 0. The summed E-state index contributed by atoms with van der Waals surface area (Å²) in [6, 6.07) is 0. The van der Waals surface area contributed by atoms with E-state index in [1.54, 1.807) is 0 Å². The topological polar surface area (TPSA) is 87.5 Å². The first-order valence-corrected chi connectivity index (χ1v) is 1.75. The van der Waals surface area contributed by atoms with Crippen molar-refractivity contribution in [2.24, 2.45) is 0 Å². The van der Waals surface area contributed by atoms with Gasteiger partial charge in [0.1, 0.15) is 0 Å². The molecule has 0 aliphatic heterocycles. The predicted molar refractivity (Wildman–Crippen MR) is 14.0 cm³/mol. The molecule has 0 amide bonds. The molecule has 4 nitrogen and oxygen atoms in total. The van der Waals surface area contributed by atoms with Gasteiger partial charge >= 0.3 is 37.8 Å². The van der Waals surface area contributed by atoms with Gasteiger partial charge in [-0.3, -0.25) is 0 Å². The van der Waals surface area contributed by atoms with Crippen LogP contribution in [-0.4, -0.2) is 15.3 Å². The van der Waals surface area contributed by atoms with E-state index < -0.39 is 8.25 Å². The standard InChI is InChI=1S/Na.HO3P.H2O/c;1-4(2)3;/h;(H-,1,2,3);1H2/q+1;;. The Morgan fingerprint density at radius 3 is 1.33 bits per heavy atom. The van der Waals surface area contributed by atoms with Crippen LogP contribution in [0.15, 0.2) is 0 Å². The molecule has 0 rings (SSSR count). The van der Waals surface area contributed by atoms with Crippen LogP contribution in [0.5, 0.6) is 0 Å². The van der Waals surface area contributed by atoms with Crippen LogP contribution in [0.3, 0.4) is 0 Å². The van der Waals surface area contributed by atoms with Crippen LogP contribution in [0, 0.1) is 0 Å². The molecule has 0 fully saturated rings. The zero-order valence-electron chi connectivity index (χ0n) is 3.20. The van der Waals surface area contributed by atoms with Gasteiger partial charge < -0.3 is 5.48 Å². The van der Waals surface area contributed by atoms with Gasteiger partial charge in [0.2, 0.25) is 0 Å². The Balaban J connectivity index is -0.0000000450. The third-order valence-corrected chi connectivity index (χ3v) is 0. The molecule has 0 aliphatic carbocycles. The van der Waals surface area contributed by atoms with Gasteiger partial charge in [-0.2, -0.15) is 0 Å². The second-order valence-corrected chi connectivity index (χ2v) is 0.758. The van der Waals surface area contributed by atoms with Gasteiger partial charge in [-0.05, 0) is 0 Å². The van der Waals surface area contributed by atoms with Crippen molar-refractivity contribution in [1.82, 2.24) is 0 Å². The Labute approximate surface area is 57.7 Å². The normalized spacial score (nSPS) is 4.33. The molecule has 0 aromatic carbocycles. The molecule has 0 saturated carbocycles. The van der Waals surface area contributed by atoms with Crippen molar-refractivity contribution in [2.45, 2.75) is 0 Å². The molecule has 0 bridgehead atoms. The van der Waals surface area contributed by atoms with Crippen molar-refractivity contribution in [3.8, 4) is 0 Å². The second-order valence-electron chi connectivity index (χ2n) is 0.253. The first-order valence-electron chi connectivity index (χ1n) is 0.583. The fourth-order valence-corrected chi connectivity index (χ4v) is 0. The van der Waals surface area contributed by atoms with E-state index in [9.17, 15) is 0 Å². The van der Waals surface area contributed by atoms with Crippen LogP contribution >= 0.6 is 8.25 Å². The van der Waals surface area contributed by atoms with Crippen LogP contribution in [0.25, 0.3) is 0 Å². The van der Waals surface area contributed by atoms with E-state index in [1.807, 2.05) is 0 Å². The van der Waals surface area contributed by atoms with Crippen molar-refractivity contribution >= 4 is 8.25 Å². The van der Waals surface area contributed by atoms with Gasteiger partial charge in [0.15, 0.2) is 0 Å². The summed E-state index contributed by atoms with van der Waals surface area (Å²) in [5.41, 5.74) is 0. The van der Waals surface area contributed by atoms with Crippen LogP contribution < -0.4 is 29.6 Å². The maximum Gasteiger partial charge on any atom is 1.00 e. The van der Waals surface area contributed by atoms with Gasteiger partial charge in [0.25, 0.3) is 0 Å². The summed E-state index contributed by atoms with van der Waals surface area (Å²) in [5.74, 6) is 0. The summed E-state index contributed by atoms with van der Waals surface area (Å²) in [6.45, 7) is 0. The summed E-state index contributed by atoms with van der Waals surface area (Å²) < 4.78 is 8.70. The zero-order valence-corrected chi connectivity index (χ0v) is 6.09. The first-order chi connectivity index (χ1) is 1.73. The fourth-order valence-electron chi connectivity index (χ4n) is 0. The van der Waals surface area contributed by atoms with Crippen molar-refractivity contribution in [1.29, 1.82) is 0 Å². The number of rotatable bonds is 0. The third kappa shape index (κ3) is 82.1. The van der Waals surface area contributed by atoms with Crippen molar-refractivity contribution in [2.75, 3.05) is 0 Å². The van der Waals surface area contributed by atoms with Crippen LogP contribution in [-0.2, 0) is 4.57 Å². The van der Waals surface area contributed by atoms with Crippen LogP contribution in [0.1, 0.15) is 0 Å². The van der Waals surface area contributed by atoms with Gasteiger partial charge in [-0.25, -0.2) is 0 Å². The maximum atomic E-state index is 8.70. The average Bonchev–Trinajstić information content (AvgIpc) is 0.811. The van der Waals surface area contributed by atoms with E-state index in [2.05, 4.69) is 0 Å². The molecule has 0 aliphatic rings. The van der Waals surface area contributed by atoms with E-state index in [0.717, 1.165) is 0 Å². The molecule has 0 aromatic heterocycles. The van der Waals surface area contributed by atoms with Crippen molar-refractivity contribution in [3.05, 3.63) is 0 Å². The van der Waals surface area contributed by atoms with Crippen molar-refractivity contribution < 1.29 is 49.4 Å².